The molecule has 3 aromatic rings. The number of hydrogen-bond donors (Lipinski definition) is 1. The number of carbonyl (C=O) groups excluding carboxylic acids is 1. The van der Waals surface area contributed by atoms with Crippen molar-refractivity contribution >= 4 is 37.1 Å². The van der Waals surface area contributed by atoms with Crippen molar-refractivity contribution in [1.82, 2.24) is 15.1 Å². The number of nitrogens with zero attached hydrogens (tertiary/aromatic N) is 3. The number of benzene rings is 2. The number of pyridine rings is 1. The van der Waals surface area contributed by atoms with Gasteiger partial charge in [0.25, 0.3) is 5.91 Å². The van der Waals surface area contributed by atoms with Crippen molar-refractivity contribution in [1.29, 1.82) is 0 Å². The molecule has 0 radical (unpaired) electrons. The first-order valence-corrected chi connectivity index (χ1v) is 14.6. The molecule has 1 fully saturated rings. The van der Waals surface area contributed by atoms with Gasteiger partial charge >= 0.3 is 6.18 Å². The van der Waals surface area contributed by atoms with Crippen LogP contribution in [0.1, 0.15) is 30.1 Å². The van der Waals surface area contributed by atoms with Crippen LogP contribution in [-0.2, 0) is 0 Å². The molecule has 1 N–H and O–H groups in total. The Bertz CT molecular complexity index is 1320. The molecule has 0 saturated carbocycles. The number of fused-ring (bicyclic) bond motifs is 1. The number of piperidine rings is 1. The molecule has 2 aliphatic rings. The molecule has 5 nitrogen and oxygen atoms in total. The van der Waals surface area contributed by atoms with E-state index >= 15 is 0 Å². The van der Waals surface area contributed by atoms with E-state index < -0.39 is 11.6 Å². The lowest BCUT2D eigenvalue weighted by atomic mass is 9.79. The largest absolute Gasteiger partial charge is 0.394 e. The van der Waals surface area contributed by atoms with Crippen LogP contribution in [0.3, 0.4) is 0 Å². The molecule has 0 unspecified atom stereocenters. The van der Waals surface area contributed by atoms with Crippen molar-refractivity contribution in [2.24, 2.45) is 5.41 Å². The lowest BCUT2D eigenvalue weighted by molar-refractivity contribution is -0.229. The van der Waals surface area contributed by atoms with E-state index in [2.05, 4.69) is 18.5 Å². The highest BCUT2D eigenvalue weighted by Crippen LogP contribution is 2.50. The highest BCUT2D eigenvalue weighted by Gasteiger charge is 2.52. The molecule has 1 aromatic heterocycles. The van der Waals surface area contributed by atoms with Crippen molar-refractivity contribution in [3.05, 3.63) is 65.2 Å². The quantitative estimate of drug-likeness (QED) is 0.266. The summed E-state index contributed by atoms with van der Waals surface area (Å²) in [5.41, 5.74) is 3.26. The predicted molar refractivity (Wildman–Crippen MR) is 143 cm³/mol. The maximum absolute atomic E-state index is 13.3. The minimum atomic E-state index is -4.26. The minimum Gasteiger partial charge on any atom is -0.339 e. The maximum atomic E-state index is 13.3. The molecule has 194 valence electrons. The molecule has 1 saturated heterocycles. The van der Waals surface area contributed by atoms with Crippen molar-refractivity contribution < 1.29 is 18.0 Å². The van der Waals surface area contributed by atoms with Crippen LogP contribution < -0.4 is 10.2 Å². The first kappa shape index (κ1) is 26.0. The summed E-state index contributed by atoms with van der Waals surface area (Å²) >= 11 is 6.50. The van der Waals surface area contributed by atoms with Crippen LogP contribution >= 0.6 is 19.7 Å². The number of hydrogen-bond acceptors (Lipinski definition) is 4. The topological polar surface area (TPSA) is 48.2 Å². The lowest BCUT2D eigenvalue weighted by Gasteiger charge is -2.40. The number of alkyl halides is 3. The van der Waals surface area contributed by atoms with Crippen LogP contribution in [0.4, 0.5) is 24.7 Å². The van der Waals surface area contributed by atoms with Gasteiger partial charge in [0.15, 0.2) is 5.82 Å². The third kappa shape index (κ3) is 5.07. The van der Waals surface area contributed by atoms with Crippen LogP contribution in [0, 0.1) is 5.41 Å². The Morgan fingerprint density at radius 3 is 2.08 bits per heavy atom. The molecule has 0 spiro atoms. The van der Waals surface area contributed by atoms with Gasteiger partial charge in [0.1, 0.15) is 5.69 Å². The highest BCUT2D eigenvalue weighted by atomic mass is 35.5. The van der Waals surface area contributed by atoms with Gasteiger partial charge in [-0.1, -0.05) is 54.9 Å². The molecular weight excluding hydrogens is 520 g/mol. The molecule has 10 heteroatoms. The number of rotatable bonds is 5. The number of halogens is 4. The highest BCUT2D eigenvalue weighted by molar-refractivity contribution is 7.53. The number of aromatic nitrogens is 1. The monoisotopic (exact) mass is 546 g/mol. The molecule has 37 heavy (non-hydrogen) atoms. The Morgan fingerprint density at radius 2 is 1.54 bits per heavy atom. The zero-order chi connectivity index (χ0) is 26.5. The number of amides is 1. The van der Waals surface area contributed by atoms with E-state index in [1.54, 1.807) is 12.1 Å². The SMILES string of the molecule is CP(C)NN1c2cc(Cl)c(-c3ccc(-c4ccc(C(=O)N5CCC(C)(C(F)(F)F)CC5)cc4)cc3)nc21. The summed E-state index contributed by atoms with van der Waals surface area (Å²) in [6.07, 6.45) is -4.42. The summed E-state index contributed by atoms with van der Waals surface area (Å²) < 4.78 is 39.8. The second-order valence-corrected chi connectivity index (χ2v) is 12.4. The Kier molecular flexibility index (Phi) is 6.71. The van der Waals surface area contributed by atoms with E-state index in [0.717, 1.165) is 33.9 Å². The fourth-order valence-corrected chi connectivity index (χ4v) is 5.41. The van der Waals surface area contributed by atoms with E-state index in [0.29, 0.717) is 10.6 Å². The van der Waals surface area contributed by atoms with Crippen molar-refractivity contribution in [3.8, 4) is 22.4 Å². The molecule has 5 rings (SSSR count). The lowest BCUT2D eigenvalue weighted by Crippen LogP contribution is -2.48. The summed E-state index contributed by atoms with van der Waals surface area (Å²) in [7, 11) is -0.318. The normalized spacial score (nSPS) is 16.6. The van der Waals surface area contributed by atoms with E-state index in [-0.39, 0.29) is 39.9 Å². The van der Waals surface area contributed by atoms with Crippen LogP contribution in [-0.4, -0.2) is 48.4 Å². The molecule has 0 aliphatic carbocycles. The number of nitrogens with one attached hydrogen (secondary N) is 1. The Morgan fingerprint density at radius 1 is 1.00 bits per heavy atom. The van der Waals surface area contributed by atoms with Crippen molar-refractivity contribution in [2.45, 2.75) is 25.9 Å². The maximum Gasteiger partial charge on any atom is 0.394 e. The van der Waals surface area contributed by atoms with Gasteiger partial charge in [0, 0.05) is 24.2 Å². The van der Waals surface area contributed by atoms with Gasteiger partial charge in [-0.3, -0.25) is 9.80 Å². The number of anilines is 2. The number of hydrazine groups is 1. The predicted octanol–water partition coefficient (Wildman–Crippen LogP) is 7.49. The van der Waals surface area contributed by atoms with Crippen LogP contribution in [0.5, 0.6) is 0 Å². The van der Waals surface area contributed by atoms with Crippen molar-refractivity contribution in [3.63, 3.8) is 0 Å². The van der Waals surface area contributed by atoms with Gasteiger partial charge in [-0.05, 0) is 63.6 Å². The van der Waals surface area contributed by atoms with E-state index in [9.17, 15) is 18.0 Å². The Labute approximate surface area is 220 Å². The summed E-state index contributed by atoms with van der Waals surface area (Å²) in [4.78, 5) is 19.1. The summed E-state index contributed by atoms with van der Waals surface area (Å²) in [5, 5.41) is 5.91. The average Bonchev–Trinajstić information content (AvgIpc) is 3.52. The molecule has 0 bridgehead atoms. The van der Waals surface area contributed by atoms with E-state index in [1.807, 2.05) is 47.5 Å². The van der Waals surface area contributed by atoms with Gasteiger partial charge < -0.3 is 4.90 Å². The van der Waals surface area contributed by atoms with E-state index in [1.165, 1.54) is 11.8 Å². The molecule has 3 heterocycles. The minimum absolute atomic E-state index is 0.0805. The Hall–Kier alpha value is -2.67. The number of carbonyl (C=O) groups is 1. The van der Waals surface area contributed by atoms with Crippen LogP contribution in [0.2, 0.25) is 5.02 Å². The Balaban J connectivity index is 1.26. The van der Waals surface area contributed by atoms with E-state index in [4.69, 9.17) is 16.6 Å². The fourth-order valence-electron chi connectivity index (χ4n) is 4.55. The summed E-state index contributed by atoms with van der Waals surface area (Å²) in [6.45, 7) is 5.68. The third-order valence-corrected chi connectivity index (χ3v) is 7.99. The zero-order valence-electron chi connectivity index (χ0n) is 20.7. The molecular formula is C27H27ClF3N4OP. The van der Waals surface area contributed by atoms with Crippen LogP contribution in [0.25, 0.3) is 22.4 Å². The standard InChI is InChI=1S/C27H27ClF3N4OP/c1-26(27(29,30)31)12-14-34(15-13-26)25(36)20-10-6-18(7-11-20)17-4-8-19(9-5-17)23-21(28)16-22-24(32-23)35(22)33-37(2)3/h4-11,16,33H,12-15H2,1-3H3. The fraction of sp³-hybridized carbons (Fsp3) is 0.333. The molecule has 2 aliphatic heterocycles. The zero-order valence-corrected chi connectivity index (χ0v) is 22.4. The first-order chi connectivity index (χ1) is 17.5. The van der Waals surface area contributed by atoms with Crippen LogP contribution in [0.15, 0.2) is 54.6 Å². The average molecular weight is 547 g/mol. The third-order valence-electron chi connectivity index (χ3n) is 7.10. The van der Waals surface area contributed by atoms with Gasteiger partial charge in [-0.15, -0.1) is 0 Å². The first-order valence-electron chi connectivity index (χ1n) is 12.0. The second-order valence-electron chi connectivity index (χ2n) is 10.00. The van der Waals surface area contributed by atoms with Crippen molar-refractivity contribution in [2.75, 3.05) is 31.4 Å². The van der Waals surface area contributed by atoms with Gasteiger partial charge in [0.05, 0.1) is 16.1 Å². The molecule has 1 amide bonds. The van der Waals surface area contributed by atoms with Gasteiger partial charge in [-0.25, -0.2) is 10.2 Å². The summed E-state index contributed by atoms with van der Waals surface area (Å²) in [6, 6.07) is 17.0. The number of likely N-dealkylation sites (tertiary alicyclic amines) is 1. The molecule has 2 aromatic carbocycles. The summed E-state index contributed by atoms with van der Waals surface area (Å²) in [5.74, 6) is 0.649. The second kappa shape index (κ2) is 9.57. The van der Waals surface area contributed by atoms with Gasteiger partial charge in [-0.2, -0.15) is 13.2 Å². The molecule has 0 atom stereocenters. The smallest absolute Gasteiger partial charge is 0.339 e. The van der Waals surface area contributed by atoms with Gasteiger partial charge in [0.2, 0.25) is 0 Å².